The summed E-state index contributed by atoms with van der Waals surface area (Å²) in [5.41, 5.74) is 6.60. The number of aromatic nitrogens is 1. The van der Waals surface area contributed by atoms with E-state index >= 15 is 0 Å². The molecule has 3 aliphatic heterocycles. The molecule has 1 aromatic heterocycles. The van der Waals surface area contributed by atoms with Gasteiger partial charge in [0.2, 0.25) is 0 Å². The normalized spacial score (nSPS) is 24.8. The Morgan fingerprint density at radius 2 is 2.15 bits per heavy atom. The standard InChI is InChI=1S/C27H30N6O/c1-18-14-32(25-7-4-19(12-28)27-24(25)3-2-8-30-27)16-26-23-6-5-21(11-20(23)15-33(18)26)31-22-13-29-9-10-34-17-22/h2-8,11,18,22,26,29,31H,9-10,13-17H2,1H3/t18-,22-,26-/m1/s1. The van der Waals surface area contributed by atoms with Gasteiger partial charge in [-0.3, -0.25) is 9.88 Å². The van der Waals surface area contributed by atoms with Crippen molar-refractivity contribution in [1.82, 2.24) is 15.2 Å². The van der Waals surface area contributed by atoms with E-state index in [1.165, 1.54) is 22.5 Å². The van der Waals surface area contributed by atoms with E-state index in [0.717, 1.165) is 56.8 Å². The summed E-state index contributed by atoms with van der Waals surface area (Å²) in [5.74, 6) is 0. The average Bonchev–Trinajstić information content (AvgIpc) is 3.03. The van der Waals surface area contributed by atoms with Gasteiger partial charge >= 0.3 is 0 Å². The van der Waals surface area contributed by atoms with Gasteiger partial charge in [0.25, 0.3) is 0 Å². The maximum absolute atomic E-state index is 9.53. The molecule has 34 heavy (non-hydrogen) atoms. The van der Waals surface area contributed by atoms with Gasteiger partial charge in [0.1, 0.15) is 6.07 Å². The second kappa shape index (κ2) is 8.88. The predicted molar refractivity (Wildman–Crippen MR) is 134 cm³/mol. The number of hydrogen-bond donors (Lipinski definition) is 2. The van der Waals surface area contributed by atoms with E-state index in [1.54, 1.807) is 6.20 Å². The van der Waals surface area contributed by atoms with Gasteiger partial charge in [-0.1, -0.05) is 6.07 Å². The number of ether oxygens (including phenoxy) is 1. The smallest absolute Gasteiger partial charge is 0.101 e. The van der Waals surface area contributed by atoms with E-state index in [0.29, 0.717) is 17.6 Å². The van der Waals surface area contributed by atoms with Crippen LogP contribution in [0, 0.1) is 11.3 Å². The first kappa shape index (κ1) is 21.4. The number of pyridine rings is 1. The third kappa shape index (κ3) is 3.78. The Hall–Kier alpha value is -3.18. The van der Waals surface area contributed by atoms with Crippen LogP contribution in [0.5, 0.6) is 0 Å². The highest BCUT2D eigenvalue weighted by atomic mass is 16.5. The molecule has 4 heterocycles. The lowest BCUT2D eigenvalue weighted by Gasteiger charge is -2.43. The minimum atomic E-state index is 0.289. The molecule has 3 aliphatic rings. The molecule has 0 unspecified atom stereocenters. The fourth-order valence-electron chi connectivity index (χ4n) is 5.77. The van der Waals surface area contributed by atoms with Crippen LogP contribution in [0.3, 0.4) is 0 Å². The summed E-state index contributed by atoms with van der Waals surface area (Å²) in [7, 11) is 0. The second-order valence-electron chi connectivity index (χ2n) is 9.62. The van der Waals surface area contributed by atoms with Crippen LogP contribution in [0.1, 0.15) is 29.7 Å². The minimum Gasteiger partial charge on any atom is -0.379 e. The molecule has 174 valence electrons. The van der Waals surface area contributed by atoms with Crippen molar-refractivity contribution in [2.75, 3.05) is 49.6 Å². The number of nitriles is 1. The van der Waals surface area contributed by atoms with Crippen molar-refractivity contribution in [2.45, 2.75) is 31.6 Å². The Labute approximate surface area is 200 Å². The van der Waals surface area contributed by atoms with Gasteiger partial charge < -0.3 is 20.3 Å². The van der Waals surface area contributed by atoms with E-state index in [9.17, 15) is 5.26 Å². The molecule has 0 spiro atoms. The number of benzene rings is 2. The number of anilines is 2. The second-order valence-corrected chi connectivity index (χ2v) is 9.62. The van der Waals surface area contributed by atoms with Gasteiger partial charge in [0.15, 0.2) is 0 Å². The third-order valence-corrected chi connectivity index (χ3v) is 7.41. The van der Waals surface area contributed by atoms with Gasteiger partial charge in [0, 0.05) is 61.7 Å². The van der Waals surface area contributed by atoms with Crippen LogP contribution in [0.4, 0.5) is 11.4 Å². The topological polar surface area (TPSA) is 76.5 Å². The Balaban J connectivity index is 1.27. The van der Waals surface area contributed by atoms with Crippen LogP contribution in [0.2, 0.25) is 0 Å². The number of nitrogens with one attached hydrogen (secondary N) is 2. The zero-order valence-corrected chi connectivity index (χ0v) is 19.5. The molecule has 7 heteroatoms. The van der Waals surface area contributed by atoms with Gasteiger partial charge in [-0.25, -0.2) is 0 Å². The van der Waals surface area contributed by atoms with Crippen molar-refractivity contribution >= 4 is 22.3 Å². The van der Waals surface area contributed by atoms with E-state index in [2.05, 4.69) is 68.7 Å². The molecule has 7 nitrogen and oxygen atoms in total. The van der Waals surface area contributed by atoms with E-state index in [4.69, 9.17) is 4.74 Å². The summed E-state index contributed by atoms with van der Waals surface area (Å²) in [5, 5.41) is 17.7. The Morgan fingerprint density at radius 3 is 3.06 bits per heavy atom. The van der Waals surface area contributed by atoms with Crippen LogP contribution < -0.4 is 15.5 Å². The first-order valence-electron chi connectivity index (χ1n) is 12.2. The molecule has 0 saturated carbocycles. The van der Waals surface area contributed by atoms with E-state index in [-0.39, 0.29) is 6.04 Å². The highest BCUT2D eigenvalue weighted by Gasteiger charge is 2.39. The summed E-state index contributed by atoms with van der Waals surface area (Å²) in [6, 6.07) is 18.3. The van der Waals surface area contributed by atoms with E-state index in [1.807, 2.05) is 12.1 Å². The Morgan fingerprint density at radius 1 is 1.21 bits per heavy atom. The Kier molecular flexibility index (Phi) is 5.58. The molecule has 6 rings (SSSR count). The lowest BCUT2D eigenvalue weighted by atomic mass is 9.99. The molecular formula is C27H30N6O. The van der Waals surface area contributed by atoms with Crippen LogP contribution in [0.15, 0.2) is 48.7 Å². The number of rotatable bonds is 3. The first-order valence-corrected chi connectivity index (χ1v) is 12.2. The summed E-state index contributed by atoms with van der Waals surface area (Å²) in [6.45, 7) is 8.54. The van der Waals surface area contributed by atoms with Crippen molar-refractivity contribution in [2.24, 2.45) is 0 Å². The molecule has 0 radical (unpaired) electrons. The molecule has 0 amide bonds. The fraction of sp³-hybridized carbons (Fsp3) is 0.407. The van der Waals surface area contributed by atoms with Gasteiger partial charge in [-0.15, -0.1) is 0 Å². The summed E-state index contributed by atoms with van der Waals surface area (Å²) in [4.78, 5) is 9.62. The van der Waals surface area contributed by atoms with Crippen molar-refractivity contribution in [3.8, 4) is 6.07 Å². The summed E-state index contributed by atoms with van der Waals surface area (Å²) >= 11 is 0. The first-order chi connectivity index (χ1) is 16.7. The lowest BCUT2D eigenvalue weighted by Crippen LogP contribution is -2.51. The molecule has 2 saturated heterocycles. The van der Waals surface area contributed by atoms with Gasteiger partial charge in [-0.05, 0) is 54.4 Å². The molecule has 3 aromatic rings. The van der Waals surface area contributed by atoms with E-state index < -0.39 is 0 Å². The predicted octanol–water partition coefficient (Wildman–Crippen LogP) is 3.27. The lowest BCUT2D eigenvalue weighted by molar-refractivity contribution is 0.134. The monoisotopic (exact) mass is 454 g/mol. The molecular weight excluding hydrogens is 424 g/mol. The van der Waals surface area contributed by atoms with Gasteiger partial charge in [-0.2, -0.15) is 5.26 Å². The summed E-state index contributed by atoms with van der Waals surface area (Å²) in [6.07, 6.45) is 1.77. The van der Waals surface area contributed by atoms with Crippen LogP contribution in [0.25, 0.3) is 10.9 Å². The highest BCUT2D eigenvalue weighted by molar-refractivity contribution is 5.95. The third-order valence-electron chi connectivity index (χ3n) is 7.41. The van der Waals surface area contributed by atoms with Crippen molar-refractivity contribution < 1.29 is 4.74 Å². The molecule has 3 atom stereocenters. The average molecular weight is 455 g/mol. The van der Waals surface area contributed by atoms with Crippen molar-refractivity contribution in [3.63, 3.8) is 0 Å². The quantitative estimate of drug-likeness (QED) is 0.629. The molecule has 2 fully saturated rings. The fourth-order valence-corrected chi connectivity index (χ4v) is 5.77. The maximum atomic E-state index is 9.53. The number of hydrogen-bond acceptors (Lipinski definition) is 7. The van der Waals surface area contributed by atoms with Crippen LogP contribution in [-0.2, 0) is 11.3 Å². The SMILES string of the molecule is C[C@@H]1CN(c2ccc(C#N)c3ncccc23)C[C@@H]2c3ccc(N[C@@H]4CNCCOC4)cc3CN12. The number of piperazine rings is 1. The zero-order chi connectivity index (χ0) is 23.1. The number of fused-ring (bicyclic) bond motifs is 4. The Bertz CT molecular complexity index is 1250. The molecule has 2 aromatic carbocycles. The molecule has 0 bridgehead atoms. The molecule has 0 aliphatic carbocycles. The maximum Gasteiger partial charge on any atom is 0.101 e. The van der Waals surface area contributed by atoms with Crippen molar-refractivity contribution in [3.05, 3.63) is 65.4 Å². The van der Waals surface area contributed by atoms with Gasteiger partial charge in [0.05, 0.1) is 36.4 Å². The summed E-state index contributed by atoms with van der Waals surface area (Å²) < 4.78 is 5.70. The van der Waals surface area contributed by atoms with Crippen molar-refractivity contribution in [1.29, 1.82) is 5.26 Å². The largest absolute Gasteiger partial charge is 0.379 e. The van der Waals surface area contributed by atoms with Crippen LogP contribution in [-0.4, -0.2) is 61.4 Å². The highest BCUT2D eigenvalue weighted by Crippen LogP contribution is 2.42. The number of nitrogens with zero attached hydrogens (tertiary/aromatic N) is 4. The molecule has 2 N–H and O–H groups in total. The van der Waals surface area contributed by atoms with Crippen LogP contribution >= 0.6 is 0 Å². The zero-order valence-electron chi connectivity index (χ0n) is 19.5. The minimum absolute atomic E-state index is 0.289.